The lowest BCUT2D eigenvalue weighted by atomic mass is 9.87. The van der Waals surface area contributed by atoms with Gasteiger partial charge < -0.3 is 39.9 Å². The molecule has 6 aromatic rings. The summed E-state index contributed by atoms with van der Waals surface area (Å²) in [4.78, 5) is 76.2. The quantitative estimate of drug-likeness (QED) is 0.0939. The van der Waals surface area contributed by atoms with Crippen molar-refractivity contribution in [3.8, 4) is 45.1 Å². The van der Waals surface area contributed by atoms with E-state index in [4.69, 9.17) is 19.4 Å². The zero-order valence-corrected chi connectivity index (χ0v) is 39.3. The number of hydrogen-bond donors (Lipinski definition) is 4. The van der Waals surface area contributed by atoms with Crippen LogP contribution in [0.4, 0.5) is 0 Å². The third kappa shape index (κ3) is 8.20. The number of hydrogen-bond acceptors (Lipinski definition) is 8. The van der Waals surface area contributed by atoms with E-state index in [1.165, 1.54) is 0 Å². The fourth-order valence-electron chi connectivity index (χ4n) is 12.0. The highest BCUT2D eigenvalue weighted by Gasteiger charge is 2.40. The summed E-state index contributed by atoms with van der Waals surface area (Å²) in [5, 5.41) is 6.28. The van der Waals surface area contributed by atoms with E-state index in [0.717, 1.165) is 144 Å². The van der Waals surface area contributed by atoms with Crippen molar-refractivity contribution in [3.05, 3.63) is 131 Å². The van der Waals surface area contributed by atoms with E-state index in [1.54, 1.807) is 0 Å². The van der Waals surface area contributed by atoms with Gasteiger partial charge in [-0.1, -0.05) is 86.3 Å². The zero-order chi connectivity index (χ0) is 47.3. The summed E-state index contributed by atoms with van der Waals surface area (Å²) in [6, 6.07) is 25.5. The highest BCUT2D eigenvalue weighted by Crippen LogP contribution is 2.51. The van der Waals surface area contributed by atoms with E-state index >= 15 is 0 Å². The molecular formula is C56H58N8O6. The first-order valence-electron chi connectivity index (χ1n) is 25.4. The first kappa shape index (κ1) is 44.0. The second-order valence-electron chi connectivity index (χ2n) is 20.0. The van der Waals surface area contributed by atoms with Gasteiger partial charge in [0.1, 0.15) is 48.4 Å². The lowest BCUT2D eigenvalue weighted by Crippen LogP contribution is -2.44. The molecule has 2 aromatic heterocycles. The Labute approximate surface area is 407 Å². The number of carbonyl (C=O) groups excluding carboxylic acids is 4. The number of likely N-dealkylation sites (tertiary alicyclic amines) is 2. The van der Waals surface area contributed by atoms with E-state index in [2.05, 4.69) is 44.9 Å². The van der Waals surface area contributed by atoms with Crippen LogP contribution in [-0.2, 0) is 32.4 Å². The average molecular weight is 939 g/mol. The Hall–Kier alpha value is -7.22. The van der Waals surface area contributed by atoms with Gasteiger partial charge in [-0.05, 0) is 86.8 Å². The van der Waals surface area contributed by atoms with Gasteiger partial charge in [-0.2, -0.15) is 0 Å². The fourth-order valence-corrected chi connectivity index (χ4v) is 12.0. The lowest BCUT2D eigenvalue weighted by molar-refractivity contribution is -0.138. The average Bonchev–Trinajstić information content (AvgIpc) is 4.26. The molecule has 2 saturated carbocycles. The number of carbonyl (C=O) groups is 4. The predicted octanol–water partition coefficient (Wildman–Crippen LogP) is 9.34. The first-order valence-corrected chi connectivity index (χ1v) is 25.4. The highest BCUT2D eigenvalue weighted by molar-refractivity contribution is 5.92. The molecule has 4 N–H and O–H groups in total. The van der Waals surface area contributed by atoms with Gasteiger partial charge in [0.25, 0.3) is 0 Å². The van der Waals surface area contributed by atoms with Crippen molar-refractivity contribution in [2.75, 3.05) is 13.1 Å². The van der Waals surface area contributed by atoms with Gasteiger partial charge in [0, 0.05) is 58.3 Å². The number of H-pyrrole nitrogens is 2. The van der Waals surface area contributed by atoms with Crippen LogP contribution in [0.3, 0.4) is 0 Å². The van der Waals surface area contributed by atoms with Gasteiger partial charge >= 0.3 is 0 Å². The van der Waals surface area contributed by atoms with Gasteiger partial charge in [0.05, 0.1) is 35.9 Å². The molecule has 4 fully saturated rings. The number of amides is 4. The van der Waals surface area contributed by atoms with Crippen molar-refractivity contribution in [3.63, 3.8) is 0 Å². The van der Waals surface area contributed by atoms with Crippen LogP contribution in [0.15, 0.2) is 97.3 Å². The van der Waals surface area contributed by atoms with E-state index in [0.29, 0.717) is 38.0 Å². The number of imidazole rings is 2. The summed E-state index contributed by atoms with van der Waals surface area (Å²) in [5.41, 5.74) is 9.09. The maximum Gasteiger partial charge on any atom is 0.250 e. The van der Waals surface area contributed by atoms with Crippen molar-refractivity contribution in [1.29, 1.82) is 0 Å². The second-order valence-corrected chi connectivity index (χ2v) is 20.0. The summed E-state index contributed by atoms with van der Waals surface area (Å²) in [6.07, 6.45) is 14.5. The van der Waals surface area contributed by atoms with Gasteiger partial charge in [-0.3, -0.25) is 19.2 Å². The molecule has 4 atom stereocenters. The van der Waals surface area contributed by atoms with Crippen LogP contribution in [-0.4, -0.2) is 66.5 Å². The molecule has 12 rings (SSSR count). The number of benzene rings is 4. The number of rotatable bonds is 12. The van der Waals surface area contributed by atoms with Crippen molar-refractivity contribution in [1.82, 2.24) is 40.4 Å². The fraction of sp³-hybridized carbons (Fsp3) is 0.393. The molecule has 6 heterocycles. The molecule has 2 saturated heterocycles. The van der Waals surface area contributed by atoms with Gasteiger partial charge in [-0.15, -0.1) is 0 Å². The third-order valence-corrected chi connectivity index (χ3v) is 15.7. The van der Waals surface area contributed by atoms with Crippen LogP contribution in [0, 0.1) is 11.8 Å². The SMILES string of the molecule is O=C(N[C@@H](C(=O)N1CCC[C@H]1c1ncc(-c2cc3c4c(c2)OCc2cc(-c5cnc([C@@H]6CCCN6C(=O)[C@H](NC(=O)C6CCCC6)c6ccccc6)[nH]5)cc(c2-4)OC3)[nH]1)c1ccccc1)C1CCCC1. The maximum absolute atomic E-state index is 14.4. The Kier molecular flexibility index (Phi) is 11.7. The summed E-state index contributed by atoms with van der Waals surface area (Å²) < 4.78 is 13.1. The molecule has 14 heteroatoms. The molecule has 2 aliphatic carbocycles. The molecule has 4 aromatic carbocycles. The molecule has 4 aliphatic heterocycles. The molecule has 0 radical (unpaired) electrons. The van der Waals surface area contributed by atoms with Crippen LogP contribution >= 0.6 is 0 Å². The normalized spacial score (nSPS) is 20.4. The Bertz CT molecular complexity index is 2710. The maximum atomic E-state index is 14.4. The summed E-state index contributed by atoms with van der Waals surface area (Å²) >= 11 is 0. The molecule has 70 heavy (non-hydrogen) atoms. The molecular weight excluding hydrogens is 881 g/mol. The minimum absolute atomic E-state index is 0.0431. The van der Waals surface area contributed by atoms with E-state index in [-0.39, 0.29) is 47.5 Å². The van der Waals surface area contributed by atoms with Crippen LogP contribution in [0.5, 0.6) is 11.5 Å². The smallest absolute Gasteiger partial charge is 0.250 e. The largest absolute Gasteiger partial charge is 0.488 e. The molecule has 4 amide bonds. The Balaban J connectivity index is 0.765. The summed E-state index contributed by atoms with van der Waals surface area (Å²) in [5.74, 6) is 2.56. The monoisotopic (exact) mass is 938 g/mol. The Morgan fingerprint density at radius 2 is 0.957 bits per heavy atom. The van der Waals surface area contributed by atoms with E-state index < -0.39 is 12.1 Å². The van der Waals surface area contributed by atoms with Crippen LogP contribution in [0.2, 0.25) is 0 Å². The summed E-state index contributed by atoms with van der Waals surface area (Å²) in [6.45, 7) is 1.86. The number of nitrogens with zero attached hydrogens (tertiary/aromatic N) is 4. The van der Waals surface area contributed by atoms with Gasteiger partial charge in [0.15, 0.2) is 0 Å². The van der Waals surface area contributed by atoms with E-state index in [1.807, 2.05) is 82.9 Å². The van der Waals surface area contributed by atoms with Crippen molar-refractivity contribution in [2.24, 2.45) is 11.8 Å². The minimum atomic E-state index is -0.766. The van der Waals surface area contributed by atoms with Crippen LogP contribution in [0.25, 0.3) is 33.6 Å². The second kappa shape index (κ2) is 18.6. The summed E-state index contributed by atoms with van der Waals surface area (Å²) in [7, 11) is 0. The van der Waals surface area contributed by atoms with E-state index in [9.17, 15) is 19.2 Å². The van der Waals surface area contributed by atoms with Crippen molar-refractivity contribution in [2.45, 2.75) is 114 Å². The van der Waals surface area contributed by atoms with Crippen molar-refractivity contribution < 1.29 is 28.7 Å². The molecule has 0 spiro atoms. The van der Waals surface area contributed by atoms with Crippen LogP contribution < -0.4 is 20.1 Å². The molecule has 14 nitrogen and oxygen atoms in total. The standard InChI is InChI=1S/C56H58N8O6/c65-53(35-17-7-8-18-35)61-49(33-13-3-1-4-14-33)55(67)63-23-11-21-43(63)51-57-29-41(59-51)37-25-39-31-70-46-28-38(26-40-32-69-45(27-37)47(39)48(40)46)42-30-58-52(60-42)44-22-12-24-64(44)56(68)50(34-15-5-2-6-16-34)62-54(66)36-19-9-10-20-36/h1-6,13-16,25-30,35-36,43-44,49-50H,7-12,17-24,31-32H2,(H,57,59)(H,58,60)(H,61,65)(H,62,66)/t43-,44-,49+,50+/m0/s1. The molecule has 6 aliphatic rings. The predicted molar refractivity (Wildman–Crippen MR) is 262 cm³/mol. The lowest BCUT2D eigenvalue weighted by Gasteiger charge is -2.30. The third-order valence-electron chi connectivity index (χ3n) is 15.7. The number of nitrogens with one attached hydrogen (secondary N) is 4. The van der Waals surface area contributed by atoms with Gasteiger partial charge in [-0.25, -0.2) is 9.97 Å². The topological polar surface area (TPSA) is 175 Å². The number of ether oxygens (including phenoxy) is 2. The minimum Gasteiger partial charge on any atom is -0.488 e. The molecule has 0 unspecified atom stereocenters. The highest BCUT2D eigenvalue weighted by atomic mass is 16.5. The molecule has 0 bridgehead atoms. The van der Waals surface area contributed by atoms with Crippen molar-refractivity contribution >= 4 is 23.6 Å². The van der Waals surface area contributed by atoms with Crippen LogP contribution in [0.1, 0.15) is 135 Å². The molecule has 358 valence electrons. The number of aromatic nitrogens is 4. The van der Waals surface area contributed by atoms with Gasteiger partial charge in [0.2, 0.25) is 23.6 Å². The number of aromatic amines is 2. The zero-order valence-electron chi connectivity index (χ0n) is 39.3. The first-order chi connectivity index (χ1) is 34.3. The Morgan fingerprint density at radius 3 is 1.37 bits per heavy atom. The Morgan fingerprint density at radius 1 is 0.543 bits per heavy atom.